The minimum atomic E-state index is -0.802. The van der Waals surface area contributed by atoms with Crippen LogP contribution in [0.15, 0.2) is 30.7 Å². The van der Waals surface area contributed by atoms with Gasteiger partial charge in [-0.3, -0.25) is 4.40 Å². The lowest BCUT2D eigenvalue weighted by Gasteiger charge is -2.15. The SMILES string of the molecule is COc1cc2ncc(-c3nc(NC4CCNC4)c(F)cc3F)n2cc1/C(C=N)=C/N. The van der Waals surface area contributed by atoms with E-state index in [2.05, 4.69) is 20.6 Å². The predicted octanol–water partition coefficient (Wildman–Crippen LogP) is 2.41. The first-order chi connectivity index (χ1) is 14.5. The van der Waals surface area contributed by atoms with E-state index in [0.29, 0.717) is 34.8 Å². The van der Waals surface area contributed by atoms with Crippen LogP contribution < -0.4 is 21.1 Å². The van der Waals surface area contributed by atoms with Crippen molar-refractivity contribution in [2.24, 2.45) is 5.73 Å². The van der Waals surface area contributed by atoms with Crippen molar-refractivity contribution < 1.29 is 13.5 Å². The van der Waals surface area contributed by atoms with E-state index in [-0.39, 0.29) is 17.6 Å². The molecule has 156 valence electrons. The second-order valence-electron chi connectivity index (χ2n) is 6.88. The summed E-state index contributed by atoms with van der Waals surface area (Å²) in [6.07, 6.45) is 6.29. The van der Waals surface area contributed by atoms with Crippen LogP contribution in [0.4, 0.5) is 14.6 Å². The number of aromatic nitrogens is 3. The molecule has 3 aromatic rings. The molecule has 0 spiro atoms. The Morgan fingerprint density at radius 1 is 1.40 bits per heavy atom. The zero-order valence-electron chi connectivity index (χ0n) is 16.2. The van der Waals surface area contributed by atoms with E-state index in [4.69, 9.17) is 15.9 Å². The molecule has 1 saturated heterocycles. The lowest BCUT2D eigenvalue weighted by molar-refractivity contribution is 0.413. The maximum Gasteiger partial charge on any atom is 0.168 e. The van der Waals surface area contributed by atoms with Gasteiger partial charge in [0, 0.05) is 54.5 Å². The molecule has 0 bridgehead atoms. The molecule has 8 nitrogen and oxygen atoms in total. The number of halogens is 2. The Labute approximate surface area is 171 Å². The van der Waals surface area contributed by atoms with E-state index in [9.17, 15) is 8.78 Å². The van der Waals surface area contributed by atoms with E-state index in [1.54, 1.807) is 16.7 Å². The van der Waals surface area contributed by atoms with E-state index >= 15 is 0 Å². The molecule has 0 aromatic carbocycles. The molecule has 30 heavy (non-hydrogen) atoms. The third-order valence-electron chi connectivity index (χ3n) is 5.05. The van der Waals surface area contributed by atoms with Crippen LogP contribution in [-0.4, -0.2) is 46.8 Å². The first-order valence-electron chi connectivity index (χ1n) is 9.37. The number of ether oxygens (including phenoxy) is 1. The Kier molecular flexibility index (Phi) is 5.32. The summed E-state index contributed by atoms with van der Waals surface area (Å²) in [6.45, 7) is 1.51. The highest BCUT2D eigenvalue weighted by molar-refractivity contribution is 6.09. The Bertz CT molecular complexity index is 1140. The predicted molar refractivity (Wildman–Crippen MR) is 111 cm³/mol. The fourth-order valence-corrected chi connectivity index (χ4v) is 3.50. The average Bonchev–Trinajstić information content (AvgIpc) is 3.40. The Balaban J connectivity index is 1.84. The zero-order chi connectivity index (χ0) is 21.3. The second kappa shape index (κ2) is 8.07. The maximum absolute atomic E-state index is 14.7. The Hall–Kier alpha value is -3.53. The molecule has 1 fully saturated rings. The molecule has 0 saturated carbocycles. The fourth-order valence-electron chi connectivity index (χ4n) is 3.50. The van der Waals surface area contributed by atoms with Crippen molar-refractivity contribution in [1.82, 2.24) is 19.7 Å². The summed E-state index contributed by atoms with van der Waals surface area (Å²) >= 11 is 0. The molecular formula is C20H21F2N7O. The number of hydrogen-bond acceptors (Lipinski definition) is 7. The molecule has 4 heterocycles. The van der Waals surface area contributed by atoms with Gasteiger partial charge in [-0.2, -0.15) is 0 Å². The number of anilines is 1. The number of pyridine rings is 2. The summed E-state index contributed by atoms with van der Waals surface area (Å²) in [7, 11) is 1.49. The summed E-state index contributed by atoms with van der Waals surface area (Å²) in [4.78, 5) is 8.52. The van der Waals surface area contributed by atoms with Gasteiger partial charge in [0.2, 0.25) is 0 Å². The summed E-state index contributed by atoms with van der Waals surface area (Å²) in [5, 5.41) is 13.8. The maximum atomic E-state index is 14.7. The van der Waals surface area contributed by atoms with Crippen LogP contribution in [0.25, 0.3) is 22.6 Å². The Morgan fingerprint density at radius 3 is 2.90 bits per heavy atom. The summed E-state index contributed by atoms with van der Waals surface area (Å²) < 4.78 is 36.0. The first kappa shape index (κ1) is 19.8. The number of methoxy groups -OCH3 is 1. The van der Waals surface area contributed by atoms with Crippen molar-refractivity contribution in [3.05, 3.63) is 47.9 Å². The number of nitrogens with two attached hydrogens (primary N) is 1. The average molecular weight is 413 g/mol. The van der Waals surface area contributed by atoms with Crippen LogP contribution in [0.1, 0.15) is 12.0 Å². The first-order valence-corrected chi connectivity index (χ1v) is 9.37. The highest BCUT2D eigenvalue weighted by Crippen LogP contribution is 2.31. The van der Waals surface area contributed by atoms with Gasteiger partial charge in [0.15, 0.2) is 17.5 Å². The van der Waals surface area contributed by atoms with Crippen molar-refractivity contribution in [3.63, 3.8) is 0 Å². The fraction of sp³-hybridized carbons (Fsp3) is 0.250. The lowest BCUT2D eigenvalue weighted by Crippen LogP contribution is -2.23. The molecule has 0 amide bonds. The molecule has 0 radical (unpaired) electrons. The van der Waals surface area contributed by atoms with Crippen molar-refractivity contribution in [1.29, 1.82) is 5.41 Å². The van der Waals surface area contributed by atoms with Crippen LogP contribution in [-0.2, 0) is 0 Å². The largest absolute Gasteiger partial charge is 0.496 e. The van der Waals surface area contributed by atoms with Crippen LogP contribution in [0.2, 0.25) is 0 Å². The molecule has 1 unspecified atom stereocenters. The Morgan fingerprint density at radius 2 is 2.23 bits per heavy atom. The van der Waals surface area contributed by atoms with Crippen LogP contribution >= 0.6 is 0 Å². The topological polar surface area (TPSA) is 113 Å². The molecular weight excluding hydrogens is 392 g/mol. The third-order valence-corrected chi connectivity index (χ3v) is 5.05. The molecule has 3 aromatic heterocycles. The molecule has 1 atom stereocenters. The third kappa shape index (κ3) is 3.45. The molecule has 1 aliphatic heterocycles. The minimum absolute atomic E-state index is 0.00850. The number of rotatable bonds is 6. The zero-order valence-corrected chi connectivity index (χ0v) is 16.2. The van der Waals surface area contributed by atoms with Crippen LogP contribution in [0.5, 0.6) is 5.75 Å². The molecule has 0 aliphatic carbocycles. The smallest absolute Gasteiger partial charge is 0.168 e. The number of fused-ring (bicyclic) bond motifs is 1. The standard InChI is InChI=1S/C20H21F2N7O/c1-30-17-5-18-26-9-16(29(18)10-13(17)11(6-23)7-24)19-14(21)4-15(22)20(28-19)27-12-2-3-25-8-12/h4-7,9-10,12,23,25H,2-3,8,24H2,1H3,(H,27,28)/b11-7+,23-6?. The van der Waals surface area contributed by atoms with Gasteiger partial charge in [0.1, 0.15) is 17.1 Å². The van der Waals surface area contributed by atoms with Crippen LogP contribution in [0, 0.1) is 17.0 Å². The van der Waals surface area contributed by atoms with Crippen molar-refractivity contribution in [2.45, 2.75) is 12.5 Å². The van der Waals surface area contributed by atoms with Crippen molar-refractivity contribution in [2.75, 3.05) is 25.5 Å². The van der Waals surface area contributed by atoms with Crippen molar-refractivity contribution >= 4 is 23.3 Å². The van der Waals surface area contributed by atoms with E-state index < -0.39 is 11.6 Å². The highest BCUT2D eigenvalue weighted by atomic mass is 19.1. The summed E-state index contributed by atoms with van der Waals surface area (Å²) in [6, 6.07) is 2.49. The number of allylic oxidation sites excluding steroid dienone is 1. The number of imidazole rings is 1. The number of nitrogens with one attached hydrogen (secondary N) is 3. The van der Waals surface area contributed by atoms with Gasteiger partial charge >= 0.3 is 0 Å². The number of hydrogen-bond donors (Lipinski definition) is 4. The molecule has 4 rings (SSSR count). The quantitative estimate of drug-likeness (QED) is 0.462. The van der Waals surface area contributed by atoms with Crippen molar-refractivity contribution in [3.8, 4) is 17.1 Å². The minimum Gasteiger partial charge on any atom is -0.496 e. The van der Waals surface area contributed by atoms with Gasteiger partial charge in [-0.25, -0.2) is 18.7 Å². The van der Waals surface area contributed by atoms with Gasteiger partial charge < -0.3 is 26.5 Å². The molecule has 1 aliphatic rings. The molecule has 10 heteroatoms. The second-order valence-corrected chi connectivity index (χ2v) is 6.88. The highest BCUT2D eigenvalue weighted by Gasteiger charge is 2.21. The summed E-state index contributed by atoms with van der Waals surface area (Å²) in [5.74, 6) is -1.10. The monoisotopic (exact) mass is 413 g/mol. The normalized spacial score (nSPS) is 16.8. The van der Waals surface area contributed by atoms with Gasteiger partial charge in [0.25, 0.3) is 0 Å². The summed E-state index contributed by atoms with van der Waals surface area (Å²) in [5.41, 5.74) is 7.34. The van der Waals surface area contributed by atoms with Gasteiger partial charge in [-0.15, -0.1) is 0 Å². The lowest BCUT2D eigenvalue weighted by atomic mass is 10.1. The van der Waals surface area contributed by atoms with E-state index in [0.717, 1.165) is 25.2 Å². The van der Waals surface area contributed by atoms with Gasteiger partial charge in [-0.05, 0) is 13.0 Å². The van der Waals surface area contributed by atoms with Gasteiger partial charge in [-0.1, -0.05) is 0 Å². The molecule has 5 N–H and O–H groups in total. The number of nitrogens with zero attached hydrogens (tertiary/aromatic N) is 3. The van der Waals surface area contributed by atoms with Gasteiger partial charge in [0.05, 0.1) is 19.0 Å². The van der Waals surface area contributed by atoms with E-state index in [1.165, 1.54) is 19.5 Å². The van der Waals surface area contributed by atoms with Crippen LogP contribution in [0.3, 0.4) is 0 Å². The van der Waals surface area contributed by atoms with E-state index in [1.807, 2.05) is 0 Å².